The van der Waals surface area contributed by atoms with Crippen molar-refractivity contribution < 1.29 is 4.74 Å². The maximum absolute atomic E-state index is 6.19. The van der Waals surface area contributed by atoms with E-state index in [0.717, 1.165) is 17.7 Å². The average Bonchev–Trinajstić information content (AvgIpc) is 2.61. The number of aryl methyl sites for hydroxylation is 1. The minimum Gasteiger partial charge on any atom is -0.495 e. The van der Waals surface area contributed by atoms with Gasteiger partial charge in [0, 0.05) is 11.8 Å². The molecule has 0 saturated carbocycles. The van der Waals surface area contributed by atoms with Crippen LogP contribution in [0.3, 0.4) is 0 Å². The molecular formula is C21H28ClNO. The van der Waals surface area contributed by atoms with Gasteiger partial charge in [-0.3, -0.25) is 4.98 Å². The highest BCUT2D eigenvalue weighted by Gasteiger charge is 2.05. The van der Waals surface area contributed by atoms with E-state index in [1.165, 1.54) is 50.5 Å². The molecule has 0 amide bonds. The summed E-state index contributed by atoms with van der Waals surface area (Å²) in [6.07, 6.45) is 12.5. The van der Waals surface area contributed by atoms with Gasteiger partial charge in [-0.15, -0.1) is 0 Å². The predicted molar refractivity (Wildman–Crippen MR) is 103 cm³/mol. The van der Waals surface area contributed by atoms with Crippen molar-refractivity contribution in [1.82, 2.24) is 4.98 Å². The summed E-state index contributed by atoms with van der Waals surface area (Å²) in [5, 5.41) is 0.615. The zero-order valence-corrected chi connectivity index (χ0v) is 15.6. The second-order valence-corrected chi connectivity index (χ2v) is 6.68. The standard InChI is InChI=1S/C21H28ClNO/c1-3-4-5-6-7-8-9-10-17-11-13-20(23-16-17)18-12-14-21(24-2)19(22)15-18/h11-16H,3-10H2,1-2H3. The largest absolute Gasteiger partial charge is 0.495 e. The van der Waals surface area contributed by atoms with Crippen molar-refractivity contribution in [2.24, 2.45) is 0 Å². The van der Waals surface area contributed by atoms with Gasteiger partial charge in [-0.25, -0.2) is 0 Å². The molecule has 1 aromatic heterocycles. The van der Waals surface area contributed by atoms with Crippen molar-refractivity contribution in [2.75, 3.05) is 7.11 Å². The molecule has 0 aliphatic carbocycles. The van der Waals surface area contributed by atoms with Crippen molar-refractivity contribution in [3.8, 4) is 17.0 Å². The first-order chi connectivity index (χ1) is 11.7. The molecule has 1 heterocycles. The van der Waals surface area contributed by atoms with Gasteiger partial charge in [-0.2, -0.15) is 0 Å². The molecule has 0 aliphatic heterocycles. The third-order valence-corrected chi connectivity index (χ3v) is 4.64. The summed E-state index contributed by atoms with van der Waals surface area (Å²) in [5.41, 5.74) is 3.28. The molecule has 3 heteroatoms. The lowest BCUT2D eigenvalue weighted by atomic mass is 10.0. The Morgan fingerprint density at radius 3 is 2.33 bits per heavy atom. The lowest BCUT2D eigenvalue weighted by molar-refractivity contribution is 0.415. The molecule has 1 aromatic carbocycles. The third-order valence-electron chi connectivity index (χ3n) is 4.34. The fourth-order valence-electron chi connectivity index (χ4n) is 2.86. The van der Waals surface area contributed by atoms with Gasteiger partial charge in [-0.1, -0.05) is 63.1 Å². The van der Waals surface area contributed by atoms with Crippen LogP contribution in [0, 0.1) is 0 Å². The maximum atomic E-state index is 6.19. The van der Waals surface area contributed by atoms with Crippen molar-refractivity contribution in [2.45, 2.75) is 58.3 Å². The number of aromatic nitrogens is 1. The Bertz CT molecular complexity index is 610. The molecule has 0 fully saturated rings. The van der Waals surface area contributed by atoms with Gasteiger partial charge in [0.1, 0.15) is 5.75 Å². The summed E-state index contributed by atoms with van der Waals surface area (Å²) < 4.78 is 5.19. The molecule has 0 atom stereocenters. The van der Waals surface area contributed by atoms with Crippen molar-refractivity contribution >= 4 is 11.6 Å². The summed E-state index contributed by atoms with van der Waals surface area (Å²) in [6, 6.07) is 10.0. The Hall–Kier alpha value is -1.54. The zero-order chi connectivity index (χ0) is 17.2. The Kier molecular flexibility index (Phi) is 8.11. The van der Waals surface area contributed by atoms with E-state index in [-0.39, 0.29) is 0 Å². The van der Waals surface area contributed by atoms with Crippen LogP contribution >= 0.6 is 11.6 Å². The Morgan fingerprint density at radius 2 is 1.71 bits per heavy atom. The van der Waals surface area contributed by atoms with E-state index in [4.69, 9.17) is 16.3 Å². The molecule has 2 aromatic rings. The lowest BCUT2D eigenvalue weighted by Gasteiger charge is -2.07. The van der Waals surface area contributed by atoms with Crippen LogP contribution in [0.25, 0.3) is 11.3 Å². The number of rotatable bonds is 10. The molecule has 2 rings (SSSR count). The van der Waals surface area contributed by atoms with E-state index < -0.39 is 0 Å². The second kappa shape index (κ2) is 10.4. The molecule has 0 N–H and O–H groups in total. The summed E-state index contributed by atoms with van der Waals surface area (Å²) in [7, 11) is 1.62. The highest BCUT2D eigenvalue weighted by molar-refractivity contribution is 6.32. The zero-order valence-electron chi connectivity index (χ0n) is 14.9. The highest BCUT2D eigenvalue weighted by Crippen LogP contribution is 2.29. The second-order valence-electron chi connectivity index (χ2n) is 6.27. The Morgan fingerprint density at radius 1 is 0.958 bits per heavy atom. The fraction of sp³-hybridized carbons (Fsp3) is 0.476. The Labute approximate surface area is 151 Å². The van der Waals surface area contributed by atoms with Crippen LogP contribution in [-0.2, 0) is 6.42 Å². The van der Waals surface area contributed by atoms with Gasteiger partial charge in [0.25, 0.3) is 0 Å². The number of pyridine rings is 1. The van der Waals surface area contributed by atoms with Crippen molar-refractivity contribution in [1.29, 1.82) is 0 Å². The molecule has 0 spiro atoms. The van der Waals surface area contributed by atoms with Crippen LogP contribution in [0.15, 0.2) is 36.5 Å². The highest BCUT2D eigenvalue weighted by atomic mass is 35.5. The van der Waals surface area contributed by atoms with Gasteiger partial charge in [0.15, 0.2) is 0 Å². The normalized spacial score (nSPS) is 10.8. The van der Waals surface area contributed by atoms with Crippen LogP contribution in [0.5, 0.6) is 5.75 Å². The van der Waals surface area contributed by atoms with E-state index in [1.54, 1.807) is 7.11 Å². The first-order valence-electron chi connectivity index (χ1n) is 9.03. The SMILES string of the molecule is CCCCCCCCCc1ccc(-c2ccc(OC)c(Cl)c2)nc1. The van der Waals surface area contributed by atoms with E-state index in [9.17, 15) is 0 Å². The Balaban J connectivity index is 1.81. The van der Waals surface area contributed by atoms with Gasteiger partial charge >= 0.3 is 0 Å². The minimum atomic E-state index is 0.615. The lowest BCUT2D eigenvalue weighted by Crippen LogP contribution is -1.91. The minimum absolute atomic E-state index is 0.615. The number of benzene rings is 1. The van der Waals surface area contributed by atoms with Gasteiger partial charge < -0.3 is 4.74 Å². The van der Waals surface area contributed by atoms with E-state index in [1.807, 2.05) is 24.4 Å². The van der Waals surface area contributed by atoms with E-state index in [0.29, 0.717) is 10.8 Å². The molecule has 130 valence electrons. The van der Waals surface area contributed by atoms with Crippen LogP contribution < -0.4 is 4.74 Å². The molecule has 0 aliphatic rings. The van der Waals surface area contributed by atoms with Crippen LogP contribution in [0.4, 0.5) is 0 Å². The summed E-state index contributed by atoms with van der Waals surface area (Å²) in [4.78, 5) is 4.59. The van der Waals surface area contributed by atoms with E-state index in [2.05, 4.69) is 24.0 Å². The van der Waals surface area contributed by atoms with Gasteiger partial charge in [-0.05, 0) is 42.7 Å². The molecule has 0 bridgehead atoms. The topological polar surface area (TPSA) is 22.1 Å². The van der Waals surface area contributed by atoms with Crippen molar-refractivity contribution in [3.05, 3.63) is 47.1 Å². The molecule has 0 radical (unpaired) electrons. The first kappa shape index (κ1) is 18.8. The number of methoxy groups -OCH3 is 1. The molecule has 2 nitrogen and oxygen atoms in total. The summed E-state index contributed by atoms with van der Waals surface area (Å²) in [6.45, 7) is 2.26. The third kappa shape index (κ3) is 5.83. The summed E-state index contributed by atoms with van der Waals surface area (Å²) >= 11 is 6.19. The maximum Gasteiger partial charge on any atom is 0.137 e. The van der Waals surface area contributed by atoms with Crippen LogP contribution in [0.1, 0.15) is 57.4 Å². The van der Waals surface area contributed by atoms with Gasteiger partial charge in [0.05, 0.1) is 17.8 Å². The molecule has 24 heavy (non-hydrogen) atoms. The molecule has 0 unspecified atom stereocenters. The average molecular weight is 346 g/mol. The monoisotopic (exact) mass is 345 g/mol. The van der Waals surface area contributed by atoms with Crippen LogP contribution in [-0.4, -0.2) is 12.1 Å². The fourth-order valence-corrected chi connectivity index (χ4v) is 3.11. The van der Waals surface area contributed by atoms with Crippen LogP contribution in [0.2, 0.25) is 5.02 Å². The number of halogens is 1. The van der Waals surface area contributed by atoms with Gasteiger partial charge in [0.2, 0.25) is 0 Å². The summed E-state index contributed by atoms with van der Waals surface area (Å²) in [5.74, 6) is 0.691. The number of unbranched alkanes of at least 4 members (excludes halogenated alkanes) is 6. The smallest absolute Gasteiger partial charge is 0.137 e. The number of nitrogens with zero attached hydrogens (tertiary/aromatic N) is 1. The quantitative estimate of drug-likeness (QED) is 0.447. The number of ether oxygens (including phenoxy) is 1. The molecule has 0 saturated heterocycles. The molecular weight excluding hydrogens is 318 g/mol. The number of hydrogen-bond acceptors (Lipinski definition) is 2. The predicted octanol–water partition coefficient (Wildman–Crippen LogP) is 6.70. The number of hydrogen-bond donors (Lipinski definition) is 0. The van der Waals surface area contributed by atoms with E-state index >= 15 is 0 Å². The first-order valence-corrected chi connectivity index (χ1v) is 9.41. The van der Waals surface area contributed by atoms with Crippen molar-refractivity contribution in [3.63, 3.8) is 0 Å².